The van der Waals surface area contributed by atoms with E-state index in [0.29, 0.717) is 12.2 Å². The molecule has 2 aliphatic rings. The van der Waals surface area contributed by atoms with Crippen LogP contribution in [-0.2, 0) is 20.7 Å². The van der Waals surface area contributed by atoms with Gasteiger partial charge in [0.25, 0.3) is 0 Å². The lowest BCUT2D eigenvalue weighted by Gasteiger charge is -2.21. The van der Waals surface area contributed by atoms with Crippen LogP contribution in [0.2, 0.25) is 0 Å². The van der Waals surface area contributed by atoms with Crippen molar-refractivity contribution in [3.05, 3.63) is 60.2 Å². The molecule has 0 N–H and O–H groups in total. The average Bonchev–Trinajstić information content (AvgIpc) is 3.05. The van der Waals surface area contributed by atoms with Gasteiger partial charge in [-0.2, -0.15) is 5.26 Å². The van der Waals surface area contributed by atoms with Crippen LogP contribution in [0.1, 0.15) is 19.4 Å². The number of cyclic esters (lactones) is 1. The van der Waals surface area contributed by atoms with Crippen molar-refractivity contribution < 1.29 is 19.0 Å². The maximum Gasteiger partial charge on any atom is 0.312 e. The van der Waals surface area contributed by atoms with Gasteiger partial charge in [0, 0.05) is 12.3 Å². The van der Waals surface area contributed by atoms with Crippen LogP contribution >= 0.6 is 0 Å². The highest BCUT2D eigenvalue weighted by molar-refractivity contribution is 5.80. The summed E-state index contributed by atoms with van der Waals surface area (Å²) in [7, 11) is 0. The molecule has 2 aromatic carbocycles. The van der Waals surface area contributed by atoms with Gasteiger partial charge < -0.3 is 14.2 Å². The molecule has 0 amide bonds. The van der Waals surface area contributed by atoms with E-state index in [4.69, 9.17) is 14.2 Å². The lowest BCUT2D eigenvalue weighted by molar-refractivity contribution is -0.181. The normalized spacial score (nSPS) is 25.8. The zero-order valence-electron chi connectivity index (χ0n) is 15.3. The Morgan fingerprint density at radius 2 is 1.89 bits per heavy atom. The molecule has 4 atom stereocenters. The zero-order valence-corrected chi connectivity index (χ0v) is 15.3. The van der Waals surface area contributed by atoms with Gasteiger partial charge in [-0.1, -0.05) is 44.2 Å². The standard InChI is InChI=1S/C22H21NO4/c1-22(2)18-19(22)21(27-20(18)24)26-17(13-23)12-14-7-6-10-16(11-14)25-15-8-4-3-5-9-15/h3-11,17-19,21H,12H2,1-2H3/t17-,18-,19+,21+/m0/s1. The maximum absolute atomic E-state index is 11.9. The molecule has 0 bridgehead atoms. The number of nitrogens with zero attached hydrogens (tertiary/aromatic N) is 1. The van der Waals surface area contributed by atoms with Crippen LogP contribution in [0.25, 0.3) is 0 Å². The highest BCUT2D eigenvalue weighted by atomic mass is 16.7. The predicted octanol–water partition coefficient (Wildman–Crippen LogP) is 4.09. The van der Waals surface area contributed by atoms with Crippen molar-refractivity contribution in [1.82, 2.24) is 0 Å². The fraction of sp³-hybridized carbons (Fsp3) is 0.364. The molecule has 0 spiro atoms. The molecule has 1 saturated heterocycles. The van der Waals surface area contributed by atoms with Crippen LogP contribution in [0, 0.1) is 28.6 Å². The van der Waals surface area contributed by atoms with Crippen LogP contribution in [0.5, 0.6) is 11.5 Å². The summed E-state index contributed by atoms with van der Waals surface area (Å²) in [6.07, 6.45) is -0.926. The third-order valence-electron chi connectivity index (χ3n) is 5.43. The zero-order chi connectivity index (χ0) is 19.0. The lowest BCUT2D eigenvalue weighted by atomic mass is 10.1. The Hall–Kier alpha value is -2.84. The van der Waals surface area contributed by atoms with E-state index in [2.05, 4.69) is 6.07 Å². The average molecular weight is 363 g/mol. The fourth-order valence-electron chi connectivity index (χ4n) is 3.87. The van der Waals surface area contributed by atoms with Crippen molar-refractivity contribution in [1.29, 1.82) is 5.26 Å². The number of esters is 1. The first-order chi connectivity index (χ1) is 13.0. The van der Waals surface area contributed by atoms with Gasteiger partial charge in [0.15, 0.2) is 6.10 Å². The fourth-order valence-corrected chi connectivity index (χ4v) is 3.87. The molecule has 1 aliphatic carbocycles. The van der Waals surface area contributed by atoms with Crippen molar-refractivity contribution in [3.63, 3.8) is 0 Å². The first kappa shape index (κ1) is 17.6. The molecule has 0 aromatic heterocycles. The maximum atomic E-state index is 11.9. The molecule has 2 fully saturated rings. The SMILES string of the molecule is CC1(C)[C@H]2[C@H](O[C@H](C#N)Cc3cccc(Oc4ccccc4)c3)OC(=O)[C@H]21. The van der Waals surface area contributed by atoms with Crippen LogP contribution in [-0.4, -0.2) is 18.4 Å². The summed E-state index contributed by atoms with van der Waals surface area (Å²) in [4.78, 5) is 11.9. The van der Waals surface area contributed by atoms with E-state index in [0.717, 1.165) is 11.3 Å². The third kappa shape index (κ3) is 3.41. The summed E-state index contributed by atoms with van der Waals surface area (Å²) >= 11 is 0. The highest BCUT2D eigenvalue weighted by Gasteiger charge is 2.72. The van der Waals surface area contributed by atoms with Gasteiger partial charge in [0.1, 0.15) is 11.5 Å². The van der Waals surface area contributed by atoms with Gasteiger partial charge in [-0.3, -0.25) is 4.79 Å². The van der Waals surface area contributed by atoms with Gasteiger partial charge in [-0.05, 0) is 35.2 Å². The minimum absolute atomic E-state index is 0.0357. The number of nitriles is 1. The highest BCUT2D eigenvalue weighted by Crippen LogP contribution is 2.64. The summed E-state index contributed by atoms with van der Waals surface area (Å²) < 4.78 is 17.0. The summed E-state index contributed by atoms with van der Waals surface area (Å²) in [6, 6.07) is 19.3. The second kappa shape index (κ2) is 6.71. The first-order valence-corrected chi connectivity index (χ1v) is 9.06. The van der Waals surface area contributed by atoms with Crippen molar-refractivity contribution >= 4 is 5.97 Å². The smallest absolute Gasteiger partial charge is 0.312 e. The molecule has 4 rings (SSSR count). The Morgan fingerprint density at radius 3 is 2.56 bits per heavy atom. The van der Waals surface area contributed by atoms with Crippen molar-refractivity contribution in [2.45, 2.75) is 32.7 Å². The van der Waals surface area contributed by atoms with Gasteiger partial charge in [0.2, 0.25) is 6.29 Å². The molecule has 0 radical (unpaired) electrons. The van der Waals surface area contributed by atoms with E-state index in [1.807, 2.05) is 68.4 Å². The number of carbonyl (C=O) groups is 1. The number of ether oxygens (including phenoxy) is 3. The second-order valence-electron chi connectivity index (χ2n) is 7.65. The number of rotatable bonds is 6. The van der Waals surface area contributed by atoms with Crippen LogP contribution < -0.4 is 4.74 Å². The second-order valence-corrected chi connectivity index (χ2v) is 7.65. The van der Waals surface area contributed by atoms with Gasteiger partial charge >= 0.3 is 5.97 Å². The number of carbonyl (C=O) groups excluding carboxylic acids is 1. The Balaban J connectivity index is 1.41. The molecule has 0 unspecified atom stereocenters. The number of hydrogen-bond donors (Lipinski definition) is 0. The van der Waals surface area contributed by atoms with E-state index in [9.17, 15) is 10.1 Å². The number of benzene rings is 2. The minimum Gasteiger partial charge on any atom is -0.457 e. The van der Waals surface area contributed by atoms with E-state index in [1.54, 1.807) is 0 Å². The molecule has 5 heteroatoms. The molecule has 1 heterocycles. The lowest BCUT2D eigenvalue weighted by Crippen LogP contribution is -2.28. The topological polar surface area (TPSA) is 68.6 Å². The quantitative estimate of drug-likeness (QED) is 0.723. The van der Waals surface area contributed by atoms with Crippen molar-refractivity contribution in [3.8, 4) is 17.6 Å². The van der Waals surface area contributed by atoms with Gasteiger partial charge in [-0.25, -0.2) is 0 Å². The Bertz CT molecular complexity index is 887. The largest absolute Gasteiger partial charge is 0.457 e. The summed E-state index contributed by atoms with van der Waals surface area (Å²) in [5.74, 6) is 1.16. The van der Waals surface area contributed by atoms with Crippen LogP contribution in [0.15, 0.2) is 54.6 Å². The molecule has 5 nitrogen and oxygen atoms in total. The molecular weight excluding hydrogens is 342 g/mol. The minimum atomic E-state index is -0.690. The molecule has 138 valence electrons. The molecule has 2 aromatic rings. The number of fused-ring (bicyclic) bond motifs is 1. The Kier molecular flexibility index (Phi) is 4.37. The van der Waals surface area contributed by atoms with E-state index in [-0.39, 0.29) is 23.2 Å². The predicted molar refractivity (Wildman–Crippen MR) is 97.8 cm³/mol. The first-order valence-electron chi connectivity index (χ1n) is 9.06. The molecule has 27 heavy (non-hydrogen) atoms. The Labute approximate surface area is 158 Å². The number of hydrogen-bond acceptors (Lipinski definition) is 5. The van der Waals surface area contributed by atoms with Gasteiger partial charge in [-0.15, -0.1) is 0 Å². The summed E-state index contributed by atoms with van der Waals surface area (Å²) in [5.41, 5.74) is 0.814. The van der Waals surface area contributed by atoms with E-state index >= 15 is 0 Å². The summed E-state index contributed by atoms with van der Waals surface area (Å²) in [5, 5.41) is 9.50. The number of para-hydroxylation sites is 1. The van der Waals surface area contributed by atoms with Gasteiger partial charge in [0.05, 0.1) is 12.0 Å². The Morgan fingerprint density at radius 1 is 1.15 bits per heavy atom. The van der Waals surface area contributed by atoms with Crippen molar-refractivity contribution in [2.75, 3.05) is 0 Å². The summed E-state index contributed by atoms with van der Waals surface area (Å²) in [6.45, 7) is 4.07. The molecule has 1 aliphatic heterocycles. The van der Waals surface area contributed by atoms with E-state index < -0.39 is 12.4 Å². The van der Waals surface area contributed by atoms with E-state index in [1.165, 1.54) is 0 Å². The monoisotopic (exact) mass is 363 g/mol. The van der Waals surface area contributed by atoms with Crippen molar-refractivity contribution in [2.24, 2.45) is 17.3 Å². The molecule has 1 saturated carbocycles. The molecular formula is C22H21NO4. The van der Waals surface area contributed by atoms with Crippen LogP contribution in [0.4, 0.5) is 0 Å². The van der Waals surface area contributed by atoms with Crippen LogP contribution in [0.3, 0.4) is 0 Å². The third-order valence-corrected chi connectivity index (χ3v) is 5.43.